The number of methoxy groups -OCH3 is 1. The van der Waals surface area contributed by atoms with Crippen LogP contribution in [0, 0.1) is 0 Å². The number of carbonyl (C=O) groups is 1. The van der Waals surface area contributed by atoms with Gasteiger partial charge in [-0.2, -0.15) is 0 Å². The van der Waals surface area contributed by atoms with Crippen LogP contribution in [0.4, 0.5) is 11.4 Å². The van der Waals surface area contributed by atoms with Gasteiger partial charge in [-0.25, -0.2) is 0 Å². The van der Waals surface area contributed by atoms with Gasteiger partial charge in [0, 0.05) is 16.9 Å². The summed E-state index contributed by atoms with van der Waals surface area (Å²) in [7, 11) is 1.57. The molecule has 4 rings (SSSR count). The summed E-state index contributed by atoms with van der Waals surface area (Å²) in [6, 6.07) is 26.0. The van der Waals surface area contributed by atoms with Crippen molar-refractivity contribution >= 4 is 17.3 Å². The fraction of sp³-hybridized carbons (Fsp3) is 0.240. The lowest BCUT2D eigenvalue weighted by atomic mass is 10.1. The van der Waals surface area contributed by atoms with Gasteiger partial charge in [-0.3, -0.25) is 4.79 Å². The van der Waals surface area contributed by atoms with Crippen molar-refractivity contribution in [2.75, 3.05) is 43.5 Å². The van der Waals surface area contributed by atoms with Crippen molar-refractivity contribution in [2.24, 2.45) is 0 Å². The normalized spacial score (nSPS) is 14.4. The van der Waals surface area contributed by atoms with Crippen LogP contribution in [0.3, 0.4) is 0 Å². The average molecular weight is 403 g/mol. The first-order valence-corrected chi connectivity index (χ1v) is 10.4. The highest BCUT2D eigenvalue weighted by molar-refractivity contribution is 6.06. The zero-order valence-corrected chi connectivity index (χ0v) is 17.3. The van der Waals surface area contributed by atoms with E-state index in [-0.39, 0.29) is 5.91 Å². The minimum atomic E-state index is -0.168. The molecule has 1 fully saturated rings. The quantitative estimate of drug-likeness (QED) is 0.667. The van der Waals surface area contributed by atoms with Crippen LogP contribution in [0.25, 0.3) is 0 Å². The smallest absolute Gasteiger partial charge is 0.259 e. The Labute approximate surface area is 177 Å². The Morgan fingerprint density at radius 2 is 1.60 bits per heavy atom. The van der Waals surface area contributed by atoms with Gasteiger partial charge in [-0.15, -0.1) is 0 Å². The number of ether oxygens (including phenoxy) is 1. The van der Waals surface area contributed by atoms with Crippen molar-refractivity contribution in [1.82, 2.24) is 0 Å². The predicted octanol–water partition coefficient (Wildman–Crippen LogP) is 2.85. The van der Waals surface area contributed by atoms with Crippen LogP contribution >= 0.6 is 0 Å². The Bertz CT molecular complexity index is 965. The molecule has 0 radical (unpaired) electrons. The van der Waals surface area contributed by atoms with E-state index >= 15 is 0 Å². The summed E-state index contributed by atoms with van der Waals surface area (Å²) < 4.78 is 5.28. The van der Waals surface area contributed by atoms with E-state index in [1.807, 2.05) is 24.3 Å². The minimum absolute atomic E-state index is 0.168. The van der Waals surface area contributed by atoms with Crippen molar-refractivity contribution in [1.29, 1.82) is 0 Å². The number of nitrogens with zero attached hydrogens (tertiary/aromatic N) is 1. The Morgan fingerprint density at radius 3 is 2.30 bits per heavy atom. The molecule has 5 nitrogen and oxygen atoms in total. The maximum atomic E-state index is 12.6. The van der Waals surface area contributed by atoms with E-state index in [9.17, 15) is 4.79 Å². The molecule has 1 aliphatic heterocycles. The first-order valence-electron chi connectivity index (χ1n) is 10.4. The summed E-state index contributed by atoms with van der Waals surface area (Å²) in [5, 5.41) is 2.96. The highest BCUT2D eigenvalue weighted by Crippen LogP contribution is 2.21. The Kier molecular flexibility index (Phi) is 6.30. The van der Waals surface area contributed by atoms with Crippen LogP contribution in [0.15, 0.2) is 78.9 Å². The largest absolute Gasteiger partial charge is 0.496 e. The summed E-state index contributed by atoms with van der Waals surface area (Å²) in [5.41, 5.74) is 3.91. The van der Waals surface area contributed by atoms with Crippen molar-refractivity contribution in [2.45, 2.75) is 6.54 Å². The third-order valence-electron chi connectivity index (χ3n) is 5.61. The number of hydrogen-bond acceptors (Lipinski definition) is 3. The molecule has 1 saturated heterocycles. The molecule has 0 atom stereocenters. The van der Waals surface area contributed by atoms with Gasteiger partial charge in [0.1, 0.15) is 12.3 Å². The van der Waals surface area contributed by atoms with Crippen LogP contribution in [-0.4, -0.2) is 39.2 Å². The third kappa shape index (κ3) is 4.81. The summed E-state index contributed by atoms with van der Waals surface area (Å²) >= 11 is 0. The van der Waals surface area contributed by atoms with Crippen molar-refractivity contribution < 1.29 is 14.4 Å². The zero-order valence-electron chi connectivity index (χ0n) is 17.3. The van der Waals surface area contributed by atoms with Gasteiger partial charge in [0.15, 0.2) is 0 Å². The van der Waals surface area contributed by atoms with Gasteiger partial charge in [-0.05, 0) is 36.4 Å². The molecule has 2 N–H and O–H groups in total. The summed E-state index contributed by atoms with van der Waals surface area (Å²) in [6.07, 6.45) is 0. The van der Waals surface area contributed by atoms with Gasteiger partial charge in [0.25, 0.3) is 5.91 Å². The van der Waals surface area contributed by atoms with E-state index in [1.165, 1.54) is 11.3 Å². The van der Waals surface area contributed by atoms with E-state index in [4.69, 9.17) is 4.74 Å². The number of anilines is 2. The Balaban J connectivity index is 1.32. The van der Waals surface area contributed by atoms with E-state index in [0.717, 1.165) is 38.4 Å². The van der Waals surface area contributed by atoms with Gasteiger partial charge in [-0.1, -0.05) is 42.5 Å². The van der Waals surface area contributed by atoms with Crippen LogP contribution in [0.1, 0.15) is 15.9 Å². The molecule has 0 aliphatic carbocycles. The third-order valence-corrected chi connectivity index (χ3v) is 5.61. The van der Waals surface area contributed by atoms with Crippen molar-refractivity contribution in [3.05, 3.63) is 90.0 Å². The lowest BCUT2D eigenvalue weighted by molar-refractivity contribution is -0.914. The molecule has 30 heavy (non-hydrogen) atoms. The zero-order chi connectivity index (χ0) is 20.8. The first kappa shape index (κ1) is 20.0. The number of carbonyl (C=O) groups excluding carboxylic acids is 1. The SMILES string of the molecule is COc1ccccc1C(=O)Nc1ccc(N2CC[NH+](Cc3ccccc3)CC2)cc1. The molecule has 1 amide bonds. The van der Waals surface area contributed by atoms with Gasteiger partial charge < -0.3 is 19.9 Å². The maximum absolute atomic E-state index is 12.6. The highest BCUT2D eigenvalue weighted by Gasteiger charge is 2.20. The van der Waals surface area contributed by atoms with E-state index < -0.39 is 0 Å². The predicted molar refractivity (Wildman–Crippen MR) is 120 cm³/mol. The van der Waals surface area contributed by atoms with Gasteiger partial charge >= 0.3 is 0 Å². The molecule has 3 aromatic rings. The fourth-order valence-corrected chi connectivity index (χ4v) is 3.93. The molecule has 1 heterocycles. The molecule has 0 bridgehead atoms. The average Bonchev–Trinajstić information content (AvgIpc) is 2.81. The highest BCUT2D eigenvalue weighted by atomic mass is 16.5. The monoisotopic (exact) mass is 402 g/mol. The summed E-state index contributed by atoms with van der Waals surface area (Å²) in [6.45, 7) is 5.41. The number of hydrogen-bond donors (Lipinski definition) is 2. The molecular weight excluding hydrogens is 374 g/mol. The van der Waals surface area contributed by atoms with E-state index in [1.54, 1.807) is 24.1 Å². The molecular formula is C25H28N3O2+. The Hall–Kier alpha value is -3.31. The molecule has 0 aromatic heterocycles. The number of quaternary nitrogens is 1. The number of rotatable bonds is 6. The van der Waals surface area contributed by atoms with Gasteiger partial charge in [0.05, 0.1) is 38.9 Å². The fourth-order valence-electron chi connectivity index (χ4n) is 3.93. The molecule has 3 aromatic carbocycles. The molecule has 154 valence electrons. The summed E-state index contributed by atoms with van der Waals surface area (Å²) in [5.74, 6) is 0.404. The van der Waals surface area contributed by atoms with E-state index in [2.05, 4.69) is 52.7 Å². The molecule has 0 unspecified atom stereocenters. The molecule has 0 saturated carbocycles. The number of para-hydroxylation sites is 1. The second kappa shape index (κ2) is 9.46. The van der Waals surface area contributed by atoms with Crippen LogP contribution in [-0.2, 0) is 6.54 Å². The number of nitrogens with one attached hydrogen (secondary N) is 2. The van der Waals surface area contributed by atoms with Crippen LogP contribution in [0.2, 0.25) is 0 Å². The standard InChI is InChI=1S/C25H27N3O2/c1-30-24-10-6-5-9-23(24)25(29)26-21-11-13-22(14-12-21)28-17-15-27(16-18-28)19-20-7-3-2-4-8-20/h2-14H,15-19H2,1H3,(H,26,29)/p+1. The Morgan fingerprint density at radius 1 is 0.933 bits per heavy atom. The van der Waals surface area contributed by atoms with Crippen molar-refractivity contribution in [3.63, 3.8) is 0 Å². The van der Waals surface area contributed by atoms with E-state index in [0.29, 0.717) is 11.3 Å². The maximum Gasteiger partial charge on any atom is 0.259 e. The lowest BCUT2D eigenvalue weighted by Gasteiger charge is -2.33. The number of amides is 1. The topological polar surface area (TPSA) is 46.0 Å². The van der Waals surface area contributed by atoms with Gasteiger partial charge in [0.2, 0.25) is 0 Å². The lowest BCUT2D eigenvalue weighted by Crippen LogP contribution is -3.13. The molecule has 5 heteroatoms. The second-order valence-electron chi connectivity index (χ2n) is 7.60. The van der Waals surface area contributed by atoms with Crippen LogP contribution in [0.5, 0.6) is 5.75 Å². The molecule has 0 spiro atoms. The van der Waals surface area contributed by atoms with Crippen molar-refractivity contribution in [3.8, 4) is 5.75 Å². The number of piperazine rings is 1. The number of benzene rings is 3. The molecule has 1 aliphatic rings. The first-order chi connectivity index (χ1) is 14.7. The summed E-state index contributed by atoms with van der Waals surface area (Å²) in [4.78, 5) is 16.6. The van der Waals surface area contributed by atoms with Crippen LogP contribution < -0.4 is 19.9 Å². The second-order valence-corrected chi connectivity index (χ2v) is 7.60. The minimum Gasteiger partial charge on any atom is -0.496 e.